The van der Waals surface area contributed by atoms with Crippen LogP contribution in [0.4, 0.5) is 0 Å². The topological polar surface area (TPSA) is 111 Å². The molecule has 0 spiro atoms. The lowest BCUT2D eigenvalue weighted by atomic mass is 10.0. The fourth-order valence-corrected chi connectivity index (χ4v) is 12.1. The normalized spacial score (nSPS) is 13.4. The second kappa shape index (κ2) is 82.8. The number of esters is 2. The first-order valence-electron chi connectivity index (χ1n) is 43.0. The van der Waals surface area contributed by atoms with Crippen LogP contribution in [0.2, 0.25) is 0 Å². The molecule has 0 aliphatic carbocycles. The largest absolute Gasteiger partial charge is 0.545 e. The van der Waals surface area contributed by atoms with Crippen LogP contribution in [0.3, 0.4) is 0 Å². The van der Waals surface area contributed by atoms with Gasteiger partial charge in [0.2, 0.25) is 0 Å². The van der Waals surface area contributed by atoms with Gasteiger partial charge in [0.1, 0.15) is 13.2 Å². The number of carboxylic acid groups (broad SMARTS) is 1. The highest BCUT2D eigenvalue weighted by Gasteiger charge is 2.22. The summed E-state index contributed by atoms with van der Waals surface area (Å²) in [6.07, 6.45) is 119. The monoisotopic (exact) mass is 1430 g/mol. The van der Waals surface area contributed by atoms with E-state index in [1.54, 1.807) is 0 Å². The molecule has 0 radical (unpaired) electrons. The molecule has 0 amide bonds. The summed E-state index contributed by atoms with van der Waals surface area (Å²) in [5.74, 6) is -2.34. The molecule has 0 bridgehead atoms. The summed E-state index contributed by atoms with van der Waals surface area (Å²) in [5.41, 5.74) is 0. The van der Waals surface area contributed by atoms with Crippen LogP contribution in [0.15, 0.2) is 146 Å². The molecule has 0 aromatic heterocycles. The van der Waals surface area contributed by atoms with Crippen LogP contribution in [-0.2, 0) is 33.3 Å². The lowest BCUT2D eigenvalue weighted by Crippen LogP contribution is -2.44. The van der Waals surface area contributed by atoms with Crippen molar-refractivity contribution >= 4 is 17.9 Å². The molecule has 103 heavy (non-hydrogen) atoms. The Balaban J connectivity index is 4.09. The molecule has 0 aliphatic heterocycles. The maximum absolute atomic E-state index is 13.0. The molecule has 0 saturated heterocycles. The predicted molar refractivity (Wildman–Crippen MR) is 444 cm³/mol. The smallest absolute Gasteiger partial charge is 0.306 e. The van der Waals surface area contributed by atoms with Crippen molar-refractivity contribution in [3.63, 3.8) is 0 Å². The van der Waals surface area contributed by atoms with E-state index < -0.39 is 24.3 Å². The summed E-state index contributed by atoms with van der Waals surface area (Å²) in [5, 5.41) is 11.9. The van der Waals surface area contributed by atoms with Crippen LogP contribution < -0.4 is 5.11 Å². The zero-order valence-corrected chi connectivity index (χ0v) is 67.7. The molecule has 0 aliphatic rings. The van der Waals surface area contributed by atoms with Gasteiger partial charge in [0.05, 0.1) is 40.3 Å². The minimum atomic E-state index is -1.64. The fourth-order valence-electron chi connectivity index (χ4n) is 12.1. The molecule has 0 heterocycles. The van der Waals surface area contributed by atoms with Crippen molar-refractivity contribution in [1.29, 1.82) is 0 Å². The van der Waals surface area contributed by atoms with Gasteiger partial charge in [-0.25, -0.2) is 0 Å². The Bertz CT molecular complexity index is 2220. The minimum absolute atomic E-state index is 0.133. The van der Waals surface area contributed by atoms with Gasteiger partial charge >= 0.3 is 11.9 Å². The summed E-state index contributed by atoms with van der Waals surface area (Å²) in [6.45, 7) is 4.62. The Kier molecular flexibility index (Phi) is 78.9. The first kappa shape index (κ1) is 98.2. The van der Waals surface area contributed by atoms with Gasteiger partial charge in [-0.2, -0.15) is 0 Å². The van der Waals surface area contributed by atoms with Gasteiger partial charge < -0.3 is 33.3 Å². The Hall–Kier alpha value is -4.83. The van der Waals surface area contributed by atoms with E-state index >= 15 is 0 Å². The van der Waals surface area contributed by atoms with E-state index in [-0.39, 0.29) is 38.6 Å². The third kappa shape index (κ3) is 84.3. The van der Waals surface area contributed by atoms with Crippen LogP contribution in [0.1, 0.15) is 373 Å². The molecule has 9 nitrogen and oxygen atoms in total. The zero-order chi connectivity index (χ0) is 74.6. The fraction of sp³-hybridized carbons (Fsp3) is 0.713. The third-order valence-corrected chi connectivity index (χ3v) is 18.6. The van der Waals surface area contributed by atoms with Crippen molar-refractivity contribution < 1.29 is 42.9 Å². The summed E-state index contributed by atoms with van der Waals surface area (Å²) >= 11 is 0. The molecule has 0 rings (SSSR count). The van der Waals surface area contributed by atoms with Crippen LogP contribution in [0, 0.1) is 0 Å². The number of ether oxygens (including phenoxy) is 4. The van der Waals surface area contributed by atoms with Gasteiger partial charge in [-0.3, -0.25) is 9.59 Å². The highest BCUT2D eigenvalue weighted by atomic mass is 16.7. The van der Waals surface area contributed by atoms with Crippen molar-refractivity contribution in [1.82, 2.24) is 0 Å². The van der Waals surface area contributed by atoms with E-state index in [9.17, 15) is 19.5 Å². The number of nitrogens with zero attached hydrogens (tertiary/aromatic N) is 1. The number of carbonyl (C=O) groups is 3. The van der Waals surface area contributed by atoms with Crippen LogP contribution in [-0.4, -0.2) is 82.3 Å². The number of rotatable bonds is 79. The molecule has 590 valence electrons. The van der Waals surface area contributed by atoms with E-state index in [1.165, 1.54) is 231 Å². The first-order chi connectivity index (χ1) is 50.6. The standard InChI is InChI=1S/C94H161NO8/c1-6-8-10-12-14-16-18-20-22-24-26-28-30-32-34-36-38-40-42-44-46-48-50-52-54-56-58-60-62-64-66-68-70-72-74-76-78-80-82-84-91(96)101-88-90(89-102-94(93(98)99)100-87-86-95(3,4)5)103-92(97)85-83-81-79-77-75-73-71-69-67-65-63-61-59-57-55-53-51-49-47-45-43-41-39-37-35-33-31-29-27-25-23-21-19-17-15-13-11-9-7-2/h9,11,15,17,21,23,27,29,33,35,39,41,45,47,51,53,57,59,63,65,69,71,75,77,90,94H,6-8,10,12-14,16,18-20,22,24-26,28,30-32,34,36-38,40,42-44,46,48-50,52,54-56,58,60-62,64,66-68,70,72-74,76,78-89H2,1-5H3/b11-9-,17-15-,23-21-,29-27-,35-33-,41-39-,47-45-,53-51-,59-57-,65-63-,71-69-,77-75-. The van der Waals surface area contributed by atoms with Gasteiger partial charge in [-0.05, 0) is 103 Å². The molecule has 9 heteroatoms. The predicted octanol–water partition coefficient (Wildman–Crippen LogP) is 26.8. The maximum atomic E-state index is 13.0. The molecule has 0 N–H and O–H groups in total. The molecular weight excluding hydrogens is 1270 g/mol. The van der Waals surface area contributed by atoms with Crippen LogP contribution >= 0.6 is 0 Å². The number of quaternary nitrogens is 1. The summed E-state index contributed by atoms with van der Waals surface area (Å²) < 4.78 is 22.8. The van der Waals surface area contributed by atoms with Crippen molar-refractivity contribution in [3.8, 4) is 0 Å². The second-order valence-corrected chi connectivity index (χ2v) is 29.8. The van der Waals surface area contributed by atoms with Crippen LogP contribution in [0.5, 0.6) is 0 Å². The molecule has 0 fully saturated rings. The molecular formula is C94H161NO8. The van der Waals surface area contributed by atoms with E-state index in [2.05, 4.69) is 160 Å². The number of hydrogen-bond donors (Lipinski definition) is 0. The lowest BCUT2D eigenvalue weighted by molar-refractivity contribution is -0.870. The van der Waals surface area contributed by atoms with Gasteiger partial charge in [-0.15, -0.1) is 0 Å². The zero-order valence-electron chi connectivity index (χ0n) is 67.7. The highest BCUT2D eigenvalue weighted by Crippen LogP contribution is 2.19. The van der Waals surface area contributed by atoms with E-state index in [0.29, 0.717) is 17.4 Å². The molecule has 2 unspecified atom stereocenters. The van der Waals surface area contributed by atoms with Gasteiger partial charge in [0.15, 0.2) is 12.4 Å². The molecule has 0 aromatic carbocycles. The number of hydrogen-bond acceptors (Lipinski definition) is 8. The number of unbranched alkanes of at least 4 members (excludes halogenated alkanes) is 40. The molecule has 0 saturated carbocycles. The quantitative estimate of drug-likeness (QED) is 0.0195. The average molecular weight is 1430 g/mol. The number of carboxylic acids is 1. The molecule has 2 atom stereocenters. The SMILES string of the molecule is CC/C=C\C/C=C\C/C=C\C/C=C\C/C=C\C/C=C\C/C=C\C/C=C\C/C=C\C/C=C\C/C=C\C/C=C\CCCCC(=O)OC(COC(=O)CCCCCCCCCCCCCCCCCCCCCCCCCCCCCCCCCCCCCCCCC)COC(OCC[N+](C)(C)C)C(=O)[O-]. The maximum Gasteiger partial charge on any atom is 0.306 e. The average Bonchev–Trinajstić information content (AvgIpc) is 0.985. The van der Waals surface area contributed by atoms with E-state index in [0.717, 1.165) is 109 Å². The van der Waals surface area contributed by atoms with Crippen molar-refractivity contribution in [2.24, 2.45) is 0 Å². The lowest BCUT2D eigenvalue weighted by Gasteiger charge is -2.26. The van der Waals surface area contributed by atoms with Crippen molar-refractivity contribution in [3.05, 3.63) is 146 Å². The number of allylic oxidation sites excluding steroid dienone is 24. The summed E-state index contributed by atoms with van der Waals surface area (Å²) in [4.78, 5) is 37.6. The number of aliphatic carboxylic acids is 1. The summed E-state index contributed by atoms with van der Waals surface area (Å²) in [7, 11) is 5.92. The Morgan fingerprint density at radius 1 is 0.301 bits per heavy atom. The summed E-state index contributed by atoms with van der Waals surface area (Å²) in [6, 6.07) is 0. The van der Waals surface area contributed by atoms with E-state index in [1.807, 2.05) is 21.1 Å². The van der Waals surface area contributed by atoms with Crippen molar-refractivity contribution in [2.45, 2.75) is 386 Å². The molecule has 0 aromatic rings. The van der Waals surface area contributed by atoms with Crippen molar-refractivity contribution in [2.75, 3.05) is 47.5 Å². The van der Waals surface area contributed by atoms with Gasteiger partial charge in [-0.1, -0.05) is 404 Å². The van der Waals surface area contributed by atoms with Gasteiger partial charge in [0.25, 0.3) is 0 Å². The minimum Gasteiger partial charge on any atom is -0.545 e. The highest BCUT2D eigenvalue weighted by molar-refractivity contribution is 5.70. The number of carbonyl (C=O) groups excluding carboxylic acids is 3. The Morgan fingerprint density at radius 3 is 0.825 bits per heavy atom. The van der Waals surface area contributed by atoms with Crippen LogP contribution in [0.25, 0.3) is 0 Å². The van der Waals surface area contributed by atoms with Gasteiger partial charge in [0, 0.05) is 12.8 Å². The number of likely N-dealkylation sites (N-methyl/N-ethyl adjacent to an activating group) is 1. The Morgan fingerprint density at radius 2 is 0.553 bits per heavy atom. The first-order valence-corrected chi connectivity index (χ1v) is 43.0. The Labute approximate surface area is 636 Å². The third-order valence-electron chi connectivity index (χ3n) is 18.6. The second-order valence-electron chi connectivity index (χ2n) is 29.8. The van der Waals surface area contributed by atoms with E-state index in [4.69, 9.17) is 18.9 Å².